The smallest absolute Gasteiger partial charge is 0.270 e. The van der Waals surface area contributed by atoms with E-state index in [1.165, 1.54) is 18.2 Å². The largest absolute Gasteiger partial charge is 0.345 e. The molecule has 8 heteroatoms. The van der Waals surface area contributed by atoms with Gasteiger partial charge in [-0.3, -0.25) is 14.9 Å². The van der Waals surface area contributed by atoms with Crippen molar-refractivity contribution in [2.75, 3.05) is 0 Å². The van der Waals surface area contributed by atoms with E-state index in [4.69, 9.17) is 0 Å². The molecule has 2 aromatic rings. The van der Waals surface area contributed by atoms with Gasteiger partial charge in [-0.15, -0.1) is 0 Å². The first-order valence-electron chi connectivity index (χ1n) is 5.67. The van der Waals surface area contributed by atoms with Crippen molar-refractivity contribution in [3.63, 3.8) is 0 Å². The third-order valence-electron chi connectivity index (χ3n) is 2.73. The predicted molar refractivity (Wildman–Crippen MR) is 75.2 cm³/mol. The Morgan fingerprint density at radius 2 is 2.30 bits per heavy atom. The molecule has 0 unspecified atom stereocenters. The van der Waals surface area contributed by atoms with E-state index in [2.05, 4.69) is 26.2 Å². The highest BCUT2D eigenvalue weighted by Crippen LogP contribution is 2.22. The zero-order valence-electron chi connectivity index (χ0n) is 10.5. The van der Waals surface area contributed by atoms with Gasteiger partial charge in [0.25, 0.3) is 11.6 Å². The Labute approximate surface area is 122 Å². The second-order valence-corrected chi connectivity index (χ2v) is 4.91. The molecule has 1 aromatic carbocycles. The molecule has 104 valence electrons. The van der Waals surface area contributed by atoms with Crippen molar-refractivity contribution in [1.82, 2.24) is 14.9 Å². The van der Waals surface area contributed by atoms with Crippen molar-refractivity contribution in [3.05, 3.63) is 56.6 Å². The van der Waals surface area contributed by atoms with Crippen molar-refractivity contribution >= 4 is 27.5 Å². The molecule has 7 nitrogen and oxygen atoms in total. The Kier molecular flexibility index (Phi) is 4.14. The summed E-state index contributed by atoms with van der Waals surface area (Å²) in [7, 11) is 1.82. The molecule has 1 N–H and O–H groups in total. The fourth-order valence-electron chi connectivity index (χ4n) is 1.62. The molecular weight excluding hydrogens is 328 g/mol. The van der Waals surface area contributed by atoms with E-state index >= 15 is 0 Å². The molecule has 0 saturated carbocycles. The van der Waals surface area contributed by atoms with Gasteiger partial charge in [-0.25, -0.2) is 4.98 Å². The van der Waals surface area contributed by atoms with Gasteiger partial charge in [0.2, 0.25) is 0 Å². The molecular formula is C12H11BrN4O3. The van der Waals surface area contributed by atoms with Crippen LogP contribution in [0.1, 0.15) is 16.2 Å². The lowest BCUT2D eigenvalue weighted by Crippen LogP contribution is -2.24. The second kappa shape index (κ2) is 5.83. The van der Waals surface area contributed by atoms with Gasteiger partial charge in [-0.05, 0) is 22.0 Å². The van der Waals surface area contributed by atoms with E-state index < -0.39 is 10.8 Å². The van der Waals surface area contributed by atoms with Gasteiger partial charge in [0.1, 0.15) is 5.82 Å². The van der Waals surface area contributed by atoms with Crippen molar-refractivity contribution in [1.29, 1.82) is 0 Å². The molecule has 0 saturated heterocycles. The quantitative estimate of drug-likeness (QED) is 0.682. The van der Waals surface area contributed by atoms with Crippen LogP contribution in [-0.2, 0) is 13.6 Å². The maximum atomic E-state index is 12.0. The van der Waals surface area contributed by atoms with Crippen LogP contribution in [0.15, 0.2) is 35.1 Å². The molecule has 0 bridgehead atoms. The molecule has 0 aliphatic heterocycles. The number of amides is 1. The molecule has 1 amide bonds. The van der Waals surface area contributed by atoms with Crippen LogP contribution in [-0.4, -0.2) is 20.4 Å². The topological polar surface area (TPSA) is 90.1 Å². The average Bonchev–Trinajstić information content (AvgIpc) is 2.81. The van der Waals surface area contributed by atoms with E-state index in [1.54, 1.807) is 17.0 Å². The zero-order valence-corrected chi connectivity index (χ0v) is 12.1. The van der Waals surface area contributed by atoms with Crippen LogP contribution in [0.5, 0.6) is 0 Å². The summed E-state index contributed by atoms with van der Waals surface area (Å²) in [5, 5.41) is 13.4. The number of aromatic nitrogens is 2. The third kappa shape index (κ3) is 3.02. The fraction of sp³-hybridized carbons (Fsp3) is 0.167. The predicted octanol–water partition coefficient (Wildman–Crippen LogP) is 2.02. The number of carbonyl (C=O) groups is 1. The van der Waals surface area contributed by atoms with Gasteiger partial charge in [0.15, 0.2) is 0 Å². The van der Waals surface area contributed by atoms with E-state index in [0.29, 0.717) is 10.3 Å². The highest BCUT2D eigenvalue weighted by Gasteiger charge is 2.15. The van der Waals surface area contributed by atoms with Crippen LogP contribution in [0.2, 0.25) is 0 Å². The van der Waals surface area contributed by atoms with Crippen LogP contribution < -0.4 is 5.32 Å². The molecule has 0 spiro atoms. The fourth-order valence-corrected chi connectivity index (χ4v) is 2.05. The number of aryl methyl sites for hydroxylation is 1. The summed E-state index contributed by atoms with van der Waals surface area (Å²) >= 11 is 3.21. The first-order chi connectivity index (χ1) is 9.49. The van der Waals surface area contributed by atoms with E-state index in [9.17, 15) is 14.9 Å². The molecule has 1 heterocycles. The maximum absolute atomic E-state index is 12.0. The standard InChI is InChI=1S/C12H11BrN4O3/c1-16-5-4-14-11(16)7-15-12(18)9-6-8(17(19)20)2-3-10(9)13/h2-6H,7H2,1H3,(H,15,18). The van der Waals surface area contributed by atoms with E-state index in [0.717, 1.165) is 0 Å². The van der Waals surface area contributed by atoms with E-state index in [1.807, 2.05) is 7.05 Å². The number of benzene rings is 1. The van der Waals surface area contributed by atoms with E-state index in [-0.39, 0.29) is 17.8 Å². The molecule has 1 aromatic heterocycles. The summed E-state index contributed by atoms with van der Waals surface area (Å²) in [5.74, 6) is 0.295. The highest BCUT2D eigenvalue weighted by molar-refractivity contribution is 9.10. The molecule has 0 aliphatic rings. The van der Waals surface area contributed by atoms with Crippen molar-refractivity contribution in [2.24, 2.45) is 7.05 Å². The van der Waals surface area contributed by atoms with Gasteiger partial charge in [0, 0.05) is 36.0 Å². The number of rotatable bonds is 4. The monoisotopic (exact) mass is 338 g/mol. The van der Waals surface area contributed by atoms with Crippen LogP contribution >= 0.6 is 15.9 Å². The number of imidazole rings is 1. The van der Waals surface area contributed by atoms with Crippen molar-refractivity contribution in [2.45, 2.75) is 6.54 Å². The number of nitrogens with one attached hydrogen (secondary N) is 1. The Morgan fingerprint density at radius 3 is 2.90 bits per heavy atom. The average molecular weight is 339 g/mol. The number of nitro benzene ring substituents is 1. The van der Waals surface area contributed by atoms with Gasteiger partial charge >= 0.3 is 0 Å². The Bertz CT molecular complexity index is 668. The first kappa shape index (κ1) is 14.2. The molecule has 2 rings (SSSR count). The van der Waals surface area contributed by atoms with Crippen LogP contribution in [0.4, 0.5) is 5.69 Å². The number of hydrogen-bond donors (Lipinski definition) is 1. The lowest BCUT2D eigenvalue weighted by Gasteiger charge is -2.07. The summed E-state index contributed by atoms with van der Waals surface area (Å²) in [4.78, 5) is 26.3. The molecule has 0 radical (unpaired) electrons. The van der Waals surface area contributed by atoms with Crippen molar-refractivity contribution in [3.8, 4) is 0 Å². The Balaban J connectivity index is 2.15. The summed E-state index contributed by atoms with van der Waals surface area (Å²) < 4.78 is 2.28. The third-order valence-corrected chi connectivity index (χ3v) is 3.42. The molecule has 0 atom stereocenters. The molecule has 20 heavy (non-hydrogen) atoms. The maximum Gasteiger partial charge on any atom is 0.270 e. The number of non-ortho nitro benzene ring substituents is 1. The zero-order chi connectivity index (χ0) is 14.7. The normalized spacial score (nSPS) is 10.3. The van der Waals surface area contributed by atoms with Gasteiger partial charge in [-0.2, -0.15) is 0 Å². The first-order valence-corrected chi connectivity index (χ1v) is 6.46. The van der Waals surface area contributed by atoms with Gasteiger partial charge < -0.3 is 9.88 Å². The Morgan fingerprint density at radius 1 is 1.55 bits per heavy atom. The lowest BCUT2D eigenvalue weighted by atomic mass is 10.2. The number of nitro groups is 1. The minimum Gasteiger partial charge on any atom is -0.345 e. The summed E-state index contributed by atoms with van der Waals surface area (Å²) in [6.07, 6.45) is 3.40. The number of nitrogens with zero attached hydrogens (tertiary/aromatic N) is 3. The number of halogens is 1. The molecule has 0 fully saturated rings. The summed E-state index contributed by atoms with van der Waals surface area (Å²) in [6.45, 7) is 0.247. The summed E-state index contributed by atoms with van der Waals surface area (Å²) in [6, 6.07) is 4.05. The SMILES string of the molecule is Cn1ccnc1CNC(=O)c1cc([N+](=O)[O-])ccc1Br. The van der Waals surface area contributed by atoms with Crippen LogP contribution in [0.25, 0.3) is 0 Å². The van der Waals surface area contributed by atoms with Gasteiger partial charge in [0.05, 0.1) is 17.0 Å². The minimum atomic E-state index is -0.540. The second-order valence-electron chi connectivity index (χ2n) is 4.06. The summed E-state index contributed by atoms with van der Waals surface area (Å²) in [5.41, 5.74) is 0.0868. The minimum absolute atomic E-state index is 0.129. The van der Waals surface area contributed by atoms with Crippen LogP contribution in [0, 0.1) is 10.1 Å². The lowest BCUT2D eigenvalue weighted by molar-refractivity contribution is -0.384. The molecule has 0 aliphatic carbocycles. The number of carbonyl (C=O) groups excluding carboxylic acids is 1. The Hall–Kier alpha value is -2.22. The highest BCUT2D eigenvalue weighted by atomic mass is 79.9. The van der Waals surface area contributed by atoms with Crippen LogP contribution in [0.3, 0.4) is 0 Å². The van der Waals surface area contributed by atoms with Gasteiger partial charge in [-0.1, -0.05) is 0 Å². The number of hydrogen-bond acceptors (Lipinski definition) is 4. The van der Waals surface area contributed by atoms with Crippen molar-refractivity contribution < 1.29 is 9.72 Å².